The number of esters is 2. The molecule has 106 valence electrons. The molecule has 19 heavy (non-hydrogen) atoms. The maximum atomic E-state index is 12.1. The minimum Gasteiger partial charge on any atom is -0.463 e. The molecule has 0 aromatic heterocycles. The second-order valence-electron chi connectivity index (χ2n) is 4.78. The zero-order valence-electron chi connectivity index (χ0n) is 10.6. The molecule has 1 saturated carbocycles. The minimum atomic E-state index is -1.43. The lowest BCUT2D eigenvalue weighted by molar-refractivity contribution is -0.161. The van der Waals surface area contributed by atoms with Crippen molar-refractivity contribution in [3.63, 3.8) is 0 Å². The first-order chi connectivity index (χ1) is 8.69. The first-order valence-electron chi connectivity index (χ1n) is 5.81. The van der Waals surface area contributed by atoms with E-state index < -0.39 is 33.0 Å². The molecule has 1 unspecified atom stereocenters. The molecular formula is C12H13Cl3O4. The molecule has 2 rings (SSSR count). The van der Waals surface area contributed by atoms with Crippen LogP contribution in [0.4, 0.5) is 0 Å². The molecule has 0 aromatic carbocycles. The Hall–Kier alpha value is -0.450. The zero-order chi connectivity index (χ0) is 14.6. The summed E-state index contributed by atoms with van der Waals surface area (Å²) in [6.45, 7) is 5.03. The van der Waals surface area contributed by atoms with Gasteiger partial charge in [0, 0.05) is 0 Å². The maximum Gasteiger partial charge on any atom is 0.338 e. The molecule has 4 nitrogen and oxygen atoms in total. The van der Waals surface area contributed by atoms with Crippen LogP contribution in [0.5, 0.6) is 0 Å². The van der Waals surface area contributed by atoms with Gasteiger partial charge < -0.3 is 9.47 Å². The summed E-state index contributed by atoms with van der Waals surface area (Å²) in [5.41, 5.74) is -0.922. The highest BCUT2D eigenvalue weighted by Gasteiger charge is 2.76. The normalized spacial score (nSPS) is 36.2. The lowest BCUT2D eigenvalue weighted by atomic mass is 9.55. The molecule has 0 saturated heterocycles. The fourth-order valence-electron chi connectivity index (χ4n) is 2.77. The van der Waals surface area contributed by atoms with Crippen LogP contribution in [-0.4, -0.2) is 28.3 Å². The third-order valence-electron chi connectivity index (χ3n) is 3.81. The van der Waals surface area contributed by atoms with Crippen molar-refractivity contribution in [2.24, 2.45) is 11.3 Å². The van der Waals surface area contributed by atoms with Crippen molar-refractivity contribution in [3.05, 3.63) is 11.3 Å². The van der Waals surface area contributed by atoms with Gasteiger partial charge in [0.1, 0.15) is 10.1 Å². The largest absolute Gasteiger partial charge is 0.463 e. The van der Waals surface area contributed by atoms with Crippen LogP contribution in [0, 0.1) is 11.3 Å². The Morgan fingerprint density at radius 2 is 2.05 bits per heavy atom. The SMILES string of the molecule is CCOC(=O)C1=C(C)OC(=O)C2[C@@H](Cl)C(Cl)(Cl)[C@@]12C. The molecule has 0 bridgehead atoms. The number of rotatable bonds is 2. The molecule has 0 radical (unpaired) electrons. The van der Waals surface area contributed by atoms with Gasteiger partial charge in [-0.05, 0) is 13.8 Å². The summed E-state index contributed by atoms with van der Waals surface area (Å²) in [6.07, 6.45) is 0. The Morgan fingerprint density at radius 3 is 2.58 bits per heavy atom. The fourth-order valence-corrected chi connectivity index (χ4v) is 4.02. The molecular weight excluding hydrogens is 314 g/mol. The molecule has 0 spiro atoms. The first kappa shape index (κ1) is 14.9. The van der Waals surface area contributed by atoms with Crippen LogP contribution in [0.25, 0.3) is 0 Å². The third-order valence-corrected chi connectivity index (χ3v) is 5.87. The van der Waals surface area contributed by atoms with Crippen LogP contribution in [-0.2, 0) is 19.1 Å². The van der Waals surface area contributed by atoms with Crippen LogP contribution in [0.3, 0.4) is 0 Å². The van der Waals surface area contributed by atoms with E-state index in [0.717, 1.165) is 0 Å². The molecule has 1 fully saturated rings. The summed E-state index contributed by atoms with van der Waals surface area (Å²) in [7, 11) is 0. The highest BCUT2D eigenvalue weighted by atomic mass is 35.5. The van der Waals surface area contributed by atoms with E-state index >= 15 is 0 Å². The second kappa shape index (κ2) is 4.54. The number of ether oxygens (including phenoxy) is 2. The van der Waals surface area contributed by atoms with Gasteiger partial charge in [-0.15, -0.1) is 11.6 Å². The van der Waals surface area contributed by atoms with Gasteiger partial charge in [0.15, 0.2) is 0 Å². The number of fused-ring (bicyclic) bond motifs is 1. The van der Waals surface area contributed by atoms with Crippen LogP contribution < -0.4 is 0 Å². The van der Waals surface area contributed by atoms with Crippen LogP contribution >= 0.6 is 34.8 Å². The second-order valence-corrected chi connectivity index (χ2v) is 6.63. The van der Waals surface area contributed by atoms with Crippen molar-refractivity contribution in [2.75, 3.05) is 6.61 Å². The minimum absolute atomic E-state index is 0.163. The smallest absolute Gasteiger partial charge is 0.338 e. The zero-order valence-corrected chi connectivity index (χ0v) is 12.9. The monoisotopic (exact) mass is 326 g/mol. The Balaban J connectivity index is 2.54. The third kappa shape index (κ3) is 1.73. The van der Waals surface area contributed by atoms with E-state index in [1.54, 1.807) is 13.8 Å². The lowest BCUT2D eigenvalue weighted by Gasteiger charge is -2.60. The fraction of sp³-hybridized carbons (Fsp3) is 0.667. The Bertz CT molecular complexity index is 485. The number of allylic oxidation sites excluding steroid dienone is 1. The van der Waals surface area contributed by atoms with Crippen LogP contribution in [0.15, 0.2) is 11.3 Å². The molecule has 1 heterocycles. The number of halogens is 3. The van der Waals surface area contributed by atoms with E-state index in [9.17, 15) is 9.59 Å². The van der Waals surface area contributed by atoms with E-state index in [2.05, 4.69) is 0 Å². The predicted octanol–water partition coefficient (Wildman–Crippen LogP) is 2.80. The molecule has 3 atom stereocenters. The molecule has 0 N–H and O–H groups in total. The summed E-state index contributed by atoms with van der Waals surface area (Å²) >= 11 is 18.5. The average Bonchev–Trinajstić information content (AvgIpc) is 2.28. The average molecular weight is 328 g/mol. The van der Waals surface area contributed by atoms with Crippen molar-refractivity contribution in [1.82, 2.24) is 0 Å². The van der Waals surface area contributed by atoms with Gasteiger partial charge in [0.2, 0.25) is 0 Å². The quantitative estimate of drug-likeness (QED) is 0.578. The van der Waals surface area contributed by atoms with Gasteiger partial charge in [-0.3, -0.25) is 4.79 Å². The van der Waals surface area contributed by atoms with Gasteiger partial charge in [0.25, 0.3) is 0 Å². The van der Waals surface area contributed by atoms with E-state index in [4.69, 9.17) is 44.3 Å². The molecule has 7 heteroatoms. The van der Waals surface area contributed by atoms with E-state index in [1.807, 2.05) is 0 Å². The van der Waals surface area contributed by atoms with E-state index in [-0.39, 0.29) is 17.9 Å². The topological polar surface area (TPSA) is 52.6 Å². The standard InChI is InChI=1S/C12H13Cl3O4/c1-4-18-9(16)6-5(2)19-10(17)7-8(13)12(14,15)11(6,7)3/h7-8H,4H2,1-3H3/t7?,8-,11+/m1/s1. The highest BCUT2D eigenvalue weighted by molar-refractivity contribution is 6.55. The van der Waals surface area contributed by atoms with E-state index in [0.29, 0.717) is 0 Å². The highest BCUT2D eigenvalue weighted by Crippen LogP contribution is 2.68. The number of carbonyl (C=O) groups is 2. The molecule has 1 aliphatic carbocycles. The molecule has 1 aliphatic heterocycles. The first-order valence-corrected chi connectivity index (χ1v) is 7.00. The van der Waals surface area contributed by atoms with Gasteiger partial charge in [-0.25, -0.2) is 4.79 Å². The summed E-state index contributed by atoms with van der Waals surface area (Å²) in [5, 5.41) is -0.814. The maximum absolute atomic E-state index is 12.1. The number of alkyl halides is 3. The number of hydrogen-bond acceptors (Lipinski definition) is 4. The summed E-state index contributed by atoms with van der Waals surface area (Å²) in [4.78, 5) is 24.0. The lowest BCUT2D eigenvalue weighted by Crippen LogP contribution is -2.70. The van der Waals surface area contributed by atoms with Crippen molar-refractivity contribution >= 4 is 46.7 Å². The van der Waals surface area contributed by atoms with Crippen molar-refractivity contribution in [3.8, 4) is 0 Å². The summed E-state index contributed by atoms with van der Waals surface area (Å²) in [6, 6.07) is 0. The molecule has 0 amide bonds. The predicted molar refractivity (Wildman–Crippen MR) is 71.1 cm³/mol. The number of cyclic esters (lactones) is 1. The van der Waals surface area contributed by atoms with Crippen molar-refractivity contribution < 1.29 is 19.1 Å². The van der Waals surface area contributed by atoms with Gasteiger partial charge in [0.05, 0.1) is 28.9 Å². The van der Waals surface area contributed by atoms with Crippen molar-refractivity contribution in [1.29, 1.82) is 0 Å². The van der Waals surface area contributed by atoms with Gasteiger partial charge >= 0.3 is 11.9 Å². The Kier molecular flexibility index (Phi) is 3.57. The van der Waals surface area contributed by atoms with Crippen LogP contribution in [0.2, 0.25) is 0 Å². The summed E-state index contributed by atoms with van der Waals surface area (Å²) in [5.74, 6) is -1.71. The van der Waals surface area contributed by atoms with E-state index in [1.165, 1.54) is 6.92 Å². The Labute approximate surface area is 126 Å². The van der Waals surface area contributed by atoms with Gasteiger partial charge in [-0.1, -0.05) is 30.1 Å². The van der Waals surface area contributed by atoms with Crippen LogP contribution in [0.1, 0.15) is 20.8 Å². The number of carbonyl (C=O) groups excluding carboxylic acids is 2. The molecule has 0 aromatic rings. The van der Waals surface area contributed by atoms with Crippen molar-refractivity contribution in [2.45, 2.75) is 30.5 Å². The number of hydrogen-bond donors (Lipinski definition) is 0. The van der Waals surface area contributed by atoms with Gasteiger partial charge in [-0.2, -0.15) is 0 Å². The molecule has 2 aliphatic rings. The Morgan fingerprint density at radius 1 is 1.47 bits per heavy atom. The summed E-state index contributed by atoms with van der Waals surface area (Å²) < 4.78 is 8.62.